The van der Waals surface area contributed by atoms with E-state index < -0.39 is 0 Å². The molecule has 0 bridgehead atoms. The molecule has 2 aromatic carbocycles. The van der Waals surface area contributed by atoms with Gasteiger partial charge in [-0.1, -0.05) is 36.0 Å². The molecule has 1 aliphatic heterocycles. The highest BCUT2D eigenvalue weighted by Crippen LogP contribution is 2.39. The van der Waals surface area contributed by atoms with E-state index in [0.29, 0.717) is 0 Å². The number of hydrogen-bond acceptors (Lipinski definition) is 4. The molecule has 1 amide bonds. The molecule has 0 saturated carbocycles. The van der Waals surface area contributed by atoms with E-state index in [4.69, 9.17) is 4.74 Å². The Labute approximate surface area is 175 Å². The van der Waals surface area contributed by atoms with Crippen LogP contribution in [0.15, 0.2) is 59.6 Å². The van der Waals surface area contributed by atoms with Gasteiger partial charge in [-0.15, -0.1) is 0 Å². The molecule has 6 heteroatoms. The number of carbonyl (C=O) groups excluding carboxylic acids is 1. The lowest BCUT2D eigenvalue weighted by Crippen LogP contribution is -2.41. The van der Waals surface area contributed by atoms with Crippen LogP contribution in [0.25, 0.3) is 0 Å². The smallest absolute Gasteiger partial charge is 0.240 e. The summed E-state index contributed by atoms with van der Waals surface area (Å²) in [6, 6.07) is 17.9. The molecule has 0 aliphatic carbocycles. The van der Waals surface area contributed by atoms with Crippen molar-refractivity contribution in [3.63, 3.8) is 0 Å². The van der Waals surface area contributed by atoms with Crippen molar-refractivity contribution in [1.82, 2.24) is 4.68 Å². The van der Waals surface area contributed by atoms with Crippen molar-refractivity contribution >= 4 is 23.4 Å². The van der Waals surface area contributed by atoms with E-state index in [1.54, 1.807) is 18.9 Å². The predicted molar refractivity (Wildman–Crippen MR) is 118 cm³/mol. The van der Waals surface area contributed by atoms with Gasteiger partial charge in [-0.2, -0.15) is 0 Å². The van der Waals surface area contributed by atoms with E-state index in [2.05, 4.69) is 40.5 Å². The number of thioether (sulfide) groups is 1. The minimum Gasteiger partial charge on any atom is -0.497 e. The topological polar surface area (TPSA) is 55.3 Å². The molecular weight excluding hydrogens is 382 g/mol. The van der Waals surface area contributed by atoms with E-state index in [1.165, 1.54) is 0 Å². The first kappa shape index (κ1) is 19.5. The van der Waals surface area contributed by atoms with Crippen LogP contribution in [0.3, 0.4) is 0 Å². The van der Waals surface area contributed by atoms with Crippen LogP contribution in [-0.2, 0) is 4.79 Å². The molecule has 0 radical (unpaired) electrons. The van der Waals surface area contributed by atoms with Gasteiger partial charge in [0.15, 0.2) is 0 Å². The highest BCUT2D eigenvalue weighted by molar-refractivity contribution is 8.00. The summed E-state index contributed by atoms with van der Waals surface area (Å²) in [7, 11) is 1.65. The number of nitrogens with one attached hydrogen (secondary N) is 2. The zero-order valence-electron chi connectivity index (χ0n) is 17.0. The van der Waals surface area contributed by atoms with Crippen molar-refractivity contribution in [2.75, 3.05) is 17.9 Å². The number of aryl methyl sites for hydroxylation is 3. The number of nitrogens with zero attached hydrogens (tertiary/aromatic N) is 1. The third-order valence-corrected chi connectivity index (χ3v) is 6.54. The zero-order valence-corrected chi connectivity index (χ0v) is 17.8. The molecular formula is C23H25N3O2S. The molecule has 1 aliphatic rings. The Hall–Kier alpha value is -2.86. The molecule has 150 valence electrons. The molecule has 0 spiro atoms. The van der Waals surface area contributed by atoms with Gasteiger partial charge < -0.3 is 15.5 Å². The average Bonchev–Trinajstić information content (AvgIpc) is 3.10. The summed E-state index contributed by atoms with van der Waals surface area (Å²) >= 11 is 1.59. The van der Waals surface area contributed by atoms with E-state index >= 15 is 0 Å². The molecule has 1 aromatic heterocycles. The number of ether oxygens (including phenoxy) is 1. The average molecular weight is 408 g/mol. The second-order valence-corrected chi connectivity index (χ2v) is 8.54. The standard InChI is InChI=1S/C23H25N3O2S/c1-14-5-6-15(2)19(13-14)24-23(27)22-21(17-8-10-18(28-4)11-9-17)25-26-16(3)7-12-20(26)29-22/h5-13,21-22,25H,1-4H3,(H,24,27)/t21-,22+/m1/s1. The van der Waals surface area contributed by atoms with Crippen LogP contribution < -0.4 is 15.5 Å². The molecule has 3 aromatic rings. The van der Waals surface area contributed by atoms with Crippen LogP contribution in [0, 0.1) is 20.8 Å². The van der Waals surface area contributed by atoms with Crippen molar-refractivity contribution < 1.29 is 9.53 Å². The Morgan fingerprint density at radius 1 is 1.07 bits per heavy atom. The van der Waals surface area contributed by atoms with Gasteiger partial charge in [-0.25, -0.2) is 0 Å². The van der Waals surface area contributed by atoms with Gasteiger partial charge in [-0.05, 0) is 67.8 Å². The summed E-state index contributed by atoms with van der Waals surface area (Å²) in [5.74, 6) is 0.786. The van der Waals surface area contributed by atoms with Gasteiger partial charge in [0.05, 0.1) is 18.2 Å². The number of rotatable bonds is 4. The lowest BCUT2D eigenvalue weighted by Gasteiger charge is -2.34. The molecule has 0 saturated heterocycles. The SMILES string of the molecule is COc1ccc([C@H]2Nn3c(C)ccc3S[C@@H]2C(=O)Nc2cc(C)ccc2C)cc1. The molecule has 4 rings (SSSR count). The maximum Gasteiger partial charge on any atom is 0.240 e. The number of anilines is 1. The van der Waals surface area contributed by atoms with Gasteiger partial charge in [0, 0.05) is 11.4 Å². The summed E-state index contributed by atoms with van der Waals surface area (Å²) in [4.78, 5) is 13.3. The fourth-order valence-electron chi connectivity index (χ4n) is 3.52. The van der Waals surface area contributed by atoms with Crippen molar-refractivity contribution in [1.29, 1.82) is 0 Å². The quantitative estimate of drug-likeness (QED) is 0.651. The summed E-state index contributed by atoms with van der Waals surface area (Å²) in [6.45, 7) is 6.09. The van der Waals surface area contributed by atoms with Crippen LogP contribution in [-0.4, -0.2) is 22.9 Å². The lowest BCUT2D eigenvalue weighted by atomic mass is 10.0. The first-order valence-corrected chi connectivity index (χ1v) is 10.5. The van der Waals surface area contributed by atoms with Crippen molar-refractivity contribution in [2.24, 2.45) is 0 Å². The number of fused-ring (bicyclic) bond motifs is 1. The van der Waals surface area contributed by atoms with Crippen molar-refractivity contribution in [2.45, 2.75) is 37.1 Å². The van der Waals surface area contributed by atoms with Gasteiger partial charge in [0.2, 0.25) is 5.91 Å². The Morgan fingerprint density at radius 2 is 1.83 bits per heavy atom. The third-order valence-electron chi connectivity index (χ3n) is 5.24. The van der Waals surface area contributed by atoms with E-state index in [0.717, 1.165) is 38.8 Å². The van der Waals surface area contributed by atoms with E-state index in [-0.39, 0.29) is 17.2 Å². The molecule has 5 nitrogen and oxygen atoms in total. The highest BCUT2D eigenvalue weighted by Gasteiger charge is 2.36. The molecule has 2 N–H and O–H groups in total. The third kappa shape index (κ3) is 3.85. The summed E-state index contributed by atoms with van der Waals surface area (Å²) in [5.41, 5.74) is 8.72. The first-order chi connectivity index (χ1) is 14.0. The predicted octanol–water partition coefficient (Wildman–Crippen LogP) is 4.82. The second-order valence-electron chi connectivity index (χ2n) is 7.37. The maximum absolute atomic E-state index is 13.3. The number of methoxy groups -OCH3 is 1. The highest BCUT2D eigenvalue weighted by atomic mass is 32.2. The van der Waals surface area contributed by atoms with Gasteiger partial charge in [0.1, 0.15) is 11.0 Å². The Kier molecular flexibility index (Phi) is 5.28. The van der Waals surface area contributed by atoms with Crippen molar-refractivity contribution in [3.8, 4) is 5.75 Å². The van der Waals surface area contributed by atoms with Crippen LogP contribution >= 0.6 is 11.8 Å². The monoisotopic (exact) mass is 407 g/mol. The van der Waals surface area contributed by atoms with E-state index in [1.807, 2.05) is 50.2 Å². The largest absolute Gasteiger partial charge is 0.497 e. The minimum atomic E-state index is -0.315. The van der Waals surface area contributed by atoms with Crippen molar-refractivity contribution in [3.05, 3.63) is 77.0 Å². The maximum atomic E-state index is 13.3. The lowest BCUT2D eigenvalue weighted by molar-refractivity contribution is -0.116. The molecule has 2 heterocycles. The number of benzene rings is 2. The summed E-state index contributed by atoms with van der Waals surface area (Å²) < 4.78 is 7.34. The molecule has 0 fully saturated rings. The second kappa shape index (κ2) is 7.87. The number of hydrogen-bond donors (Lipinski definition) is 2. The Bertz CT molecular complexity index is 1040. The minimum absolute atomic E-state index is 0.0119. The first-order valence-electron chi connectivity index (χ1n) is 9.60. The van der Waals surface area contributed by atoms with Crippen LogP contribution in [0.2, 0.25) is 0 Å². The Morgan fingerprint density at radius 3 is 2.55 bits per heavy atom. The Balaban J connectivity index is 1.67. The zero-order chi connectivity index (χ0) is 20.5. The summed E-state index contributed by atoms with van der Waals surface area (Å²) in [6.07, 6.45) is 0. The summed E-state index contributed by atoms with van der Waals surface area (Å²) in [5, 5.41) is 3.87. The molecule has 2 atom stereocenters. The molecule has 0 unspecified atom stereocenters. The van der Waals surface area contributed by atoms with Crippen LogP contribution in [0.1, 0.15) is 28.4 Å². The normalized spacial score (nSPS) is 17.9. The number of amides is 1. The van der Waals surface area contributed by atoms with E-state index in [9.17, 15) is 4.79 Å². The van der Waals surface area contributed by atoms with Crippen LogP contribution in [0.4, 0.5) is 5.69 Å². The van der Waals surface area contributed by atoms with Gasteiger partial charge >= 0.3 is 0 Å². The fraction of sp³-hybridized carbons (Fsp3) is 0.261. The fourth-order valence-corrected chi connectivity index (χ4v) is 4.75. The molecule has 29 heavy (non-hydrogen) atoms. The van der Waals surface area contributed by atoms with Crippen LogP contribution in [0.5, 0.6) is 5.75 Å². The van der Waals surface area contributed by atoms with Gasteiger partial charge in [0.25, 0.3) is 0 Å². The number of aromatic nitrogens is 1. The van der Waals surface area contributed by atoms with Gasteiger partial charge in [-0.3, -0.25) is 9.47 Å². The number of carbonyl (C=O) groups is 1.